The largest absolute Gasteiger partial charge is 0.165 e. The summed E-state index contributed by atoms with van der Waals surface area (Å²) < 4.78 is 0. The maximum Gasteiger partial charge on any atom is 0 e. The first-order valence-corrected chi connectivity index (χ1v) is 3.90. The van der Waals surface area contributed by atoms with Crippen molar-refractivity contribution in [3.63, 3.8) is 0 Å². The Balaban J connectivity index is -0.000000360. The standard InChI is InChI=1S/C11H11.3ClH.Ti/c1-8-7-10-5-3-4-6-11(10)9(8)2;;;;/h3-7H,1-2H3;3*1H;/q-1;;;;. The first-order chi connectivity index (χ1) is 5.29. The molecule has 0 bridgehead atoms. The molecule has 2 rings (SSSR count). The molecule has 15 heavy (non-hydrogen) atoms. The van der Waals surface area contributed by atoms with Gasteiger partial charge in [-0.05, 0) is 0 Å². The summed E-state index contributed by atoms with van der Waals surface area (Å²) in [6.45, 7) is 4.34. The van der Waals surface area contributed by atoms with Crippen molar-refractivity contribution in [3.8, 4) is 0 Å². The van der Waals surface area contributed by atoms with Crippen LogP contribution in [0.15, 0.2) is 30.3 Å². The molecule has 84 valence electrons. The minimum Gasteiger partial charge on any atom is -0.165 e. The fraction of sp³-hybridized carbons (Fsp3) is 0.182. The molecule has 0 aliphatic carbocycles. The number of benzene rings is 1. The van der Waals surface area contributed by atoms with E-state index in [0.29, 0.717) is 0 Å². The zero-order chi connectivity index (χ0) is 7.84. The third-order valence-corrected chi connectivity index (χ3v) is 2.33. The third kappa shape index (κ3) is 4.05. The van der Waals surface area contributed by atoms with Crippen molar-refractivity contribution in [1.29, 1.82) is 0 Å². The van der Waals surface area contributed by atoms with Crippen LogP contribution < -0.4 is 0 Å². The molecule has 4 heteroatoms. The van der Waals surface area contributed by atoms with E-state index in [1.165, 1.54) is 21.9 Å². The molecule has 0 heterocycles. The quantitative estimate of drug-likeness (QED) is 0.498. The van der Waals surface area contributed by atoms with E-state index in [-0.39, 0.29) is 58.9 Å². The number of rotatable bonds is 0. The molecular formula is C11H14Cl3Ti-. The fourth-order valence-electron chi connectivity index (χ4n) is 1.52. The summed E-state index contributed by atoms with van der Waals surface area (Å²) in [7, 11) is 0. The molecule has 0 radical (unpaired) electrons. The predicted molar refractivity (Wildman–Crippen MR) is 70.8 cm³/mol. The molecule has 0 nitrogen and oxygen atoms in total. The van der Waals surface area contributed by atoms with Crippen molar-refractivity contribution in [3.05, 3.63) is 41.5 Å². The van der Waals surface area contributed by atoms with Gasteiger partial charge in [-0.25, -0.2) is 0 Å². The van der Waals surface area contributed by atoms with Crippen molar-refractivity contribution in [1.82, 2.24) is 0 Å². The van der Waals surface area contributed by atoms with Crippen LogP contribution in [0.2, 0.25) is 0 Å². The van der Waals surface area contributed by atoms with Gasteiger partial charge in [0.05, 0.1) is 0 Å². The molecular weight excluding hydrogens is 286 g/mol. The van der Waals surface area contributed by atoms with E-state index in [9.17, 15) is 0 Å². The average Bonchev–Trinajstić information content (AvgIpc) is 2.30. The molecule has 0 spiro atoms. The third-order valence-electron chi connectivity index (χ3n) is 2.33. The molecule has 2 aromatic carbocycles. The Bertz CT molecular complexity index is 396. The van der Waals surface area contributed by atoms with E-state index in [1.807, 2.05) is 0 Å². The maximum absolute atomic E-state index is 2.24. The SMILES string of the molecule is Cc1cc2ccccc2[c-]1C.Cl.Cl.Cl.[Ti]. The Hall–Kier alpha value is 0.414. The normalized spacial score (nSPS) is 7.87. The molecule has 0 N–H and O–H groups in total. The van der Waals surface area contributed by atoms with E-state index in [0.717, 1.165) is 0 Å². The second kappa shape index (κ2) is 8.55. The average molecular weight is 300 g/mol. The zero-order valence-electron chi connectivity index (χ0n) is 8.61. The van der Waals surface area contributed by atoms with Crippen molar-refractivity contribution in [2.45, 2.75) is 13.8 Å². The molecule has 0 aliphatic rings. The Kier molecular flexibility index (Phi) is 11.8. The van der Waals surface area contributed by atoms with Crippen molar-refractivity contribution in [2.75, 3.05) is 0 Å². The van der Waals surface area contributed by atoms with Crippen molar-refractivity contribution < 1.29 is 21.7 Å². The van der Waals surface area contributed by atoms with Crippen LogP contribution in [0.4, 0.5) is 0 Å². The molecule has 0 aliphatic heterocycles. The Labute approximate surface area is 124 Å². The van der Waals surface area contributed by atoms with E-state index < -0.39 is 0 Å². The fourth-order valence-corrected chi connectivity index (χ4v) is 1.52. The van der Waals surface area contributed by atoms with Gasteiger partial charge in [0, 0.05) is 21.7 Å². The predicted octanol–water partition coefficient (Wildman–Crippen LogP) is 4.44. The van der Waals surface area contributed by atoms with E-state index >= 15 is 0 Å². The second-order valence-electron chi connectivity index (χ2n) is 3.04. The van der Waals surface area contributed by atoms with Crippen LogP contribution in [0.1, 0.15) is 11.1 Å². The van der Waals surface area contributed by atoms with E-state index in [1.54, 1.807) is 0 Å². The molecule has 2 aromatic rings. The summed E-state index contributed by atoms with van der Waals surface area (Å²) in [6, 6.07) is 10.8. The van der Waals surface area contributed by atoms with E-state index in [4.69, 9.17) is 0 Å². The summed E-state index contributed by atoms with van der Waals surface area (Å²) in [6.07, 6.45) is 0. The molecule has 0 aromatic heterocycles. The summed E-state index contributed by atoms with van der Waals surface area (Å²) in [4.78, 5) is 0. The number of hydrogen-bond donors (Lipinski definition) is 0. The zero-order valence-corrected chi connectivity index (χ0v) is 12.6. The van der Waals surface area contributed by atoms with Gasteiger partial charge in [0.1, 0.15) is 0 Å². The van der Waals surface area contributed by atoms with Crippen LogP contribution in [0.25, 0.3) is 10.8 Å². The maximum atomic E-state index is 2.24. The van der Waals surface area contributed by atoms with Gasteiger partial charge in [0.2, 0.25) is 0 Å². The summed E-state index contributed by atoms with van der Waals surface area (Å²) in [5.74, 6) is 0. The van der Waals surface area contributed by atoms with Crippen LogP contribution in [-0.2, 0) is 21.7 Å². The van der Waals surface area contributed by atoms with Gasteiger partial charge >= 0.3 is 0 Å². The minimum absolute atomic E-state index is 0. The molecule has 0 saturated heterocycles. The summed E-state index contributed by atoms with van der Waals surface area (Å²) in [5.41, 5.74) is 2.81. The van der Waals surface area contributed by atoms with Gasteiger partial charge in [-0.3, -0.25) is 0 Å². The van der Waals surface area contributed by atoms with Gasteiger partial charge in [-0.15, -0.1) is 77.3 Å². The molecule has 0 amide bonds. The van der Waals surface area contributed by atoms with Crippen molar-refractivity contribution >= 4 is 48.0 Å². The van der Waals surface area contributed by atoms with E-state index in [2.05, 4.69) is 44.2 Å². The Morgan fingerprint density at radius 1 is 1.00 bits per heavy atom. The van der Waals surface area contributed by atoms with Gasteiger partial charge < -0.3 is 0 Å². The monoisotopic (exact) mass is 299 g/mol. The van der Waals surface area contributed by atoms with Crippen LogP contribution in [0, 0.1) is 13.8 Å². The van der Waals surface area contributed by atoms with Crippen LogP contribution in [0.5, 0.6) is 0 Å². The van der Waals surface area contributed by atoms with Gasteiger partial charge in [0.15, 0.2) is 0 Å². The van der Waals surface area contributed by atoms with Crippen LogP contribution in [0.3, 0.4) is 0 Å². The second-order valence-corrected chi connectivity index (χ2v) is 3.04. The van der Waals surface area contributed by atoms with Crippen LogP contribution in [-0.4, -0.2) is 0 Å². The first kappa shape index (κ1) is 20.8. The molecule has 0 fully saturated rings. The van der Waals surface area contributed by atoms with Gasteiger partial charge in [-0.1, -0.05) is 19.9 Å². The summed E-state index contributed by atoms with van der Waals surface area (Å²) >= 11 is 0. The topological polar surface area (TPSA) is 0 Å². The minimum atomic E-state index is 0. The smallest absolute Gasteiger partial charge is 0 e. The Morgan fingerprint density at radius 3 is 2.07 bits per heavy atom. The number of fused-ring (bicyclic) bond motifs is 1. The number of aryl methyl sites for hydroxylation is 2. The first-order valence-electron chi connectivity index (χ1n) is 3.90. The number of hydrogen-bond acceptors (Lipinski definition) is 0. The summed E-state index contributed by atoms with van der Waals surface area (Å²) in [5, 5.41) is 2.76. The van der Waals surface area contributed by atoms with Gasteiger partial charge in [-0.2, -0.15) is 6.07 Å². The molecule has 0 unspecified atom stereocenters. The molecule has 0 saturated carbocycles. The number of halogens is 3. The van der Waals surface area contributed by atoms with Crippen molar-refractivity contribution in [2.24, 2.45) is 0 Å². The van der Waals surface area contributed by atoms with Gasteiger partial charge in [0.25, 0.3) is 0 Å². The molecule has 0 atom stereocenters. The van der Waals surface area contributed by atoms with Crippen LogP contribution >= 0.6 is 37.2 Å². The Morgan fingerprint density at radius 2 is 1.53 bits per heavy atom.